The zero-order valence-corrected chi connectivity index (χ0v) is 13.6. The van der Waals surface area contributed by atoms with Gasteiger partial charge in [0.25, 0.3) is 0 Å². The second kappa shape index (κ2) is 7.64. The van der Waals surface area contributed by atoms with Crippen molar-refractivity contribution in [3.63, 3.8) is 0 Å². The molecule has 0 aliphatic carbocycles. The van der Waals surface area contributed by atoms with Crippen LogP contribution in [0.1, 0.15) is 23.1 Å². The molecule has 0 aromatic heterocycles. The van der Waals surface area contributed by atoms with Crippen LogP contribution in [0.2, 0.25) is 0 Å². The summed E-state index contributed by atoms with van der Waals surface area (Å²) in [5.74, 6) is 0.0675. The fourth-order valence-corrected chi connectivity index (χ4v) is 3.16. The number of azide groups is 1. The molecular formula is C20H20N4. The molecule has 4 nitrogen and oxygen atoms in total. The highest BCUT2D eigenvalue weighted by atomic mass is 15.2. The Labute approximate surface area is 141 Å². The lowest BCUT2D eigenvalue weighted by atomic mass is 9.86. The minimum absolute atomic E-state index is 0.0675. The average molecular weight is 316 g/mol. The molecule has 120 valence electrons. The molecule has 4 heteroatoms. The van der Waals surface area contributed by atoms with Gasteiger partial charge in [-0.2, -0.15) is 0 Å². The molecule has 1 N–H and O–H groups in total. The maximum absolute atomic E-state index is 9.07. The molecule has 3 rings (SSSR count). The van der Waals surface area contributed by atoms with Crippen LogP contribution in [0.25, 0.3) is 21.2 Å². The van der Waals surface area contributed by atoms with Crippen LogP contribution in [0.15, 0.2) is 77.9 Å². The van der Waals surface area contributed by atoms with Gasteiger partial charge in [0.05, 0.1) is 6.04 Å². The quantitative estimate of drug-likeness (QED) is 0.379. The molecule has 0 fully saturated rings. The van der Waals surface area contributed by atoms with Gasteiger partial charge in [-0.25, -0.2) is 0 Å². The number of hydrogen-bond acceptors (Lipinski definition) is 2. The maximum atomic E-state index is 9.07. The summed E-state index contributed by atoms with van der Waals surface area (Å²) in [4.78, 5) is 3.10. The Balaban J connectivity index is 2.07. The fourth-order valence-electron chi connectivity index (χ4n) is 3.16. The summed E-state index contributed by atoms with van der Waals surface area (Å²) in [6.45, 7) is 0.733. The second-order valence-corrected chi connectivity index (χ2v) is 5.83. The van der Waals surface area contributed by atoms with Gasteiger partial charge < -0.3 is 5.32 Å². The number of benzene rings is 3. The number of fused-ring (bicyclic) bond motifs is 1. The molecule has 3 aromatic carbocycles. The van der Waals surface area contributed by atoms with E-state index >= 15 is 0 Å². The zero-order valence-electron chi connectivity index (χ0n) is 13.6. The Morgan fingerprint density at radius 3 is 2.33 bits per heavy atom. The normalized spacial score (nSPS) is 13.2. The van der Waals surface area contributed by atoms with Crippen LogP contribution in [-0.4, -0.2) is 13.6 Å². The third-order valence-electron chi connectivity index (χ3n) is 4.32. The van der Waals surface area contributed by atoms with Crippen molar-refractivity contribution in [3.05, 3.63) is 94.4 Å². The minimum Gasteiger partial charge on any atom is -0.319 e. The van der Waals surface area contributed by atoms with Crippen LogP contribution in [-0.2, 0) is 0 Å². The van der Waals surface area contributed by atoms with Crippen molar-refractivity contribution in [2.24, 2.45) is 5.11 Å². The van der Waals surface area contributed by atoms with E-state index in [1.807, 2.05) is 49.5 Å². The number of rotatable bonds is 6. The van der Waals surface area contributed by atoms with Crippen LogP contribution in [0.3, 0.4) is 0 Å². The summed E-state index contributed by atoms with van der Waals surface area (Å²) in [5.41, 5.74) is 11.3. The van der Waals surface area contributed by atoms with Crippen LogP contribution >= 0.6 is 0 Å². The Morgan fingerprint density at radius 1 is 0.917 bits per heavy atom. The van der Waals surface area contributed by atoms with E-state index in [0.717, 1.165) is 12.1 Å². The average Bonchev–Trinajstić information content (AvgIpc) is 2.65. The van der Waals surface area contributed by atoms with Crippen molar-refractivity contribution in [1.82, 2.24) is 5.32 Å². The van der Waals surface area contributed by atoms with Gasteiger partial charge in [-0.15, -0.1) is 0 Å². The van der Waals surface area contributed by atoms with Crippen molar-refractivity contribution >= 4 is 10.8 Å². The first-order valence-electron chi connectivity index (χ1n) is 8.06. The molecule has 0 radical (unpaired) electrons. The third-order valence-corrected chi connectivity index (χ3v) is 4.32. The van der Waals surface area contributed by atoms with Gasteiger partial charge in [-0.3, -0.25) is 0 Å². The van der Waals surface area contributed by atoms with E-state index in [1.165, 1.54) is 16.3 Å². The van der Waals surface area contributed by atoms with Crippen LogP contribution < -0.4 is 5.32 Å². The van der Waals surface area contributed by atoms with Gasteiger partial charge in [0, 0.05) is 17.4 Å². The topological polar surface area (TPSA) is 60.8 Å². The monoisotopic (exact) mass is 316 g/mol. The molecule has 0 saturated carbocycles. The number of hydrogen-bond donors (Lipinski definition) is 1. The molecular weight excluding hydrogens is 296 g/mol. The Morgan fingerprint density at radius 2 is 1.62 bits per heavy atom. The largest absolute Gasteiger partial charge is 0.319 e. The van der Waals surface area contributed by atoms with E-state index in [9.17, 15) is 0 Å². The molecule has 0 aliphatic rings. The molecule has 0 bridgehead atoms. The number of nitrogens with one attached hydrogen (secondary N) is 1. The van der Waals surface area contributed by atoms with E-state index in [4.69, 9.17) is 5.53 Å². The van der Waals surface area contributed by atoms with E-state index < -0.39 is 0 Å². The fraction of sp³-hybridized carbons (Fsp3) is 0.200. The first-order chi connectivity index (χ1) is 11.8. The summed E-state index contributed by atoms with van der Waals surface area (Å²) in [7, 11) is 1.92. The molecule has 0 saturated heterocycles. The Kier molecular flexibility index (Phi) is 5.12. The van der Waals surface area contributed by atoms with Crippen LogP contribution in [0.4, 0.5) is 0 Å². The van der Waals surface area contributed by atoms with E-state index in [0.29, 0.717) is 0 Å². The Bertz CT molecular complexity index is 854. The van der Waals surface area contributed by atoms with E-state index in [1.54, 1.807) is 0 Å². The second-order valence-electron chi connectivity index (χ2n) is 5.83. The third kappa shape index (κ3) is 3.40. The van der Waals surface area contributed by atoms with Gasteiger partial charge in [0.15, 0.2) is 0 Å². The summed E-state index contributed by atoms with van der Waals surface area (Å²) in [6, 6.07) is 24.5. The summed E-state index contributed by atoms with van der Waals surface area (Å²) >= 11 is 0. The maximum Gasteiger partial charge on any atom is 0.0706 e. The van der Waals surface area contributed by atoms with Gasteiger partial charge in [-0.05, 0) is 34.5 Å². The number of nitrogens with zero attached hydrogens (tertiary/aromatic N) is 3. The molecule has 24 heavy (non-hydrogen) atoms. The molecule has 0 unspecified atom stereocenters. The highest BCUT2D eigenvalue weighted by molar-refractivity contribution is 5.83. The standard InChI is InChI=1S/C20H20N4/c1-22-14-19(20(23-24-21)16-8-3-2-4-9-16)18-12-11-15-7-5-6-10-17(15)13-18/h2-13,19-20,22H,14H2,1H3/t19-,20+/m1/s1. The first kappa shape index (κ1) is 16.1. The molecule has 2 atom stereocenters. The van der Waals surface area contributed by atoms with E-state index in [2.05, 4.69) is 45.7 Å². The molecule has 0 amide bonds. The highest BCUT2D eigenvalue weighted by Crippen LogP contribution is 2.35. The predicted octanol–water partition coefficient (Wildman–Crippen LogP) is 5.19. The van der Waals surface area contributed by atoms with Gasteiger partial charge in [0.1, 0.15) is 0 Å². The smallest absolute Gasteiger partial charge is 0.0706 e. The van der Waals surface area contributed by atoms with Crippen molar-refractivity contribution in [3.8, 4) is 0 Å². The summed E-state index contributed by atoms with van der Waals surface area (Å²) in [6.07, 6.45) is 0. The first-order valence-corrected chi connectivity index (χ1v) is 8.06. The molecule has 0 aliphatic heterocycles. The lowest BCUT2D eigenvalue weighted by Gasteiger charge is -2.24. The zero-order chi connectivity index (χ0) is 16.8. The highest BCUT2D eigenvalue weighted by Gasteiger charge is 2.23. The van der Waals surface area contributed by atoms with Gasteiger partial charge in [-0.1, -0.05) is 77.9 Å². The van der Waals surface area contributed by atoms with Crippen molar-refractivity contribution in [2.75, 3.05) is 13.6 Å². The predicted molar refractivity (Wildman–Crippen MR) is 98.9 cm³/mol. The Hall–Kier alpha value is -2.81. The lowest BCUT2D eigenvalue weighted by Crippen LogP contribution is -2.22. The molecule has 3 aromatic rings. The van der Waals surface area contributed by atoms with Crippen molar-refractivity contribution in [2.45, 2.75) is 12.0 Å². The lowest BCUT2D eigenvalue weighted by molar-refractivity contribution is 0.525. The van der Waals surface area contributed by atoms with Crippen molar-refractivity contribution < 1.29 is 0 Å². The summed E-state index contributed by atoms with van der Waals surface area (Å²) in [5, 5.41) is 9.76. The number of likely N-dealkylation sites (N-methyl/N-ethyl adjacent to an activating group) is 1. The molecule has 0 heterocycles. The van der Waals surface area contributed by atoms with Crippen LogP contribution in [0.5, 0.6) is 0 Å². The molecule has 0 spiro atoms. The van der Waals surface area contributed by atoms with Crippen LogP contribution in [0, 0.1) is 0 Å². The minimum atomic E-state index is -0.246. The SMILES string of the molecule is CNC[C@H](c1ccc2ccccc2c1)[C@@H](N=[N+]=[N-])c1ccccc1. The summed E-state index contributed by atoms with van der Waals surface area (Å²) < 4.78 is 0. The van der Waals surface area contributed by atoms with E-state index in [-0.39, 0.29) is 12.0 Å². The van der Waals surface area contributed by atoms with Gasteiger partial charge >= 0.3 is 0 Å². The van der Waals surface area contributed by atoms with Gasteiger partial charge in [0.2, 0.25) is 0 Å². The van der Waals surface area contributed by atoms with Crippen molar-refractivity contribution in [1.29, 1.82) is 0 Å².